The Hall–Kier alpha value is -1.39. The molecule has 4 nitrogen and oxygen atoms in total. The van der Waals surface area contributed by atoms with Gasteiger partial charge in [0.05, 0.1) is 0 Å². The summed E-state index contributed by atoms with van der Waals surface area (Å²) in [7, 11) is 0. The van der Waals surface area contributed by atoms with E-state index in [1.54, 1.807) is 0 Å². The summed E-state index contributed by atoms with van der Waals surface area (Å²) >= 11 is 0. The first kappa shape index (κ1) is 26.8. The number of nitrogens with one attached hydrogen (secondary N) is 1. The van der Waals surface area contributed by atoms with Gasteiger partial charge in [0.1, 0.15) is 6.10 Å². The Labute approximate surface area is 230 Å². The fourth-order valence-corrected chi connectivity index (χ4v) is 10.7. The van der Waals surface area contributed by atoms with E-state index >= 15 is 0 Å². The summed E-state index contributed by atoms with van der Waals surface area (Å²) in [5.74, 6) is 3.12. The van der Waals surface area contributed by atoms with Crippen LogP contribution in [0.25, 0.3) is 0 Å². The summed E-state index contributed by atoms with van der Waals surface area (Å²) in [4.78, 5) is 13.0. The summed E-state index contributed by atoms with van der Waals surface area (Å²) in [6.45, 7) is 10.5. The molecule has 4 heteroatoms. The number of hydrogen-bond acceptors (Lipinski definition) is 4. The molecule has 38 heavy (non-hydrogen) atoms. The Balaban J connectivity index is 1.15. The van der Waals surface area contributed by atoms with E-state index in [0.29, 0.717) is 35.6 Å². The van der Waals surface area contributed by atoms with E-state index in [0.717, 1.165) is 44.1 Å². The molecule has 4 saturated carbocycles. The molecule has 1 heterocycles. The van der Waals surface area contributed by atoms with Crippen LogP contribution < -0.4 is 5.32 Å². The lowest BCUT2D eigenvalue weighted by atomic mass is 9.44. The number of carbonyl (C=O) groups is 1. The van der Waals surface area contributed by atoms with Crippen LogP contribution in [-0.4, -0.2) is 28.8 Å². The lowest BCUT2D eigenvalue weighted by molar-refractivity contribution is -0.166. The molecule has 5 aliphatic rings. The number of rotatable bonds is 7. The van der Waals surface area contributed by atoms with Crippen LogP contribution in [0.5, 0.6) is 0 Å². The highest BCUT2D eigenvalue weighted by Crippen LogP contribution is 2.70. The monoisotopic (exact) mass is 521 g/mol. The Kier molecular flexibility index (Phi) is 6.99. The van der Waals surface area contributed by atoms with Crippen molar-refractivity contribution in [3.8, 4) is 0 Å². The summed E-state index contributed by atoms with van der Waals surface area (Å²) in [6.07, 6.45) is 12.4. The van der Waals surface area contributed by atoms with Gasteiger partial charge in [-0.2, -0.15) is 0 Å². The highest BCUT2D eigenvalue weighted by atomic mass is 16.6. The third-order valence-corrected chi connectivity index (χ3v) is 12.6. The summed E-state index contributed by atoms with van der Waals surface area (Å²) in [5.41, 5.74) is 0.548. The fraction of sp³-hybridized carbons (Fsp3) is 0.794. The predicted octanol–water partition coefficient (Wildman–Crippen LogP) is 6.90. The SMILES string of the molecule is CC(C)CCC[C@@]1(O)C(=O)O[C@H]2C[C@H]3[C@@H]4CC[C@H]5C[C@@H](NCc6ccccc6)CC[C@]5(C)[C@H]4CC[C@]3(C)[C@H]21. The smallest absolute Gasteiger partial charge is 0.338 e. The van der Waals surface area contributed by atoms with Gasteiger partial charge in [0.25, 0.3) is 0 Å². The maximum atomic E-state index is 13.0. The van der Waals surface area contributed by atoms with Gasteiger partial charge in [0, 0.05) is 18.5 Å². The first-order valence-corrected chi connectivity index (χ1v) is 15.9. The molecular formula is C34H51NO3. The minimum atomic E-state index is -1.28. The van der Waals surface area contributed by atoms with E-state index in [1.165, 1.54) is 44.1 Å². The normalized spacial score (nSPS) is 45.7. The lowest BCUT2D eigenvalue weighted by Gasteiger charge is -2.61. The van der Waals surface area contributed by atoms with Crippen molar-refractivity contribution in [1.29, 1.82) is 0 Å². The van der Waals surface area contributed by atoms with Gasteiger partial charge in [-0.3, -0.25) is 0 Å². The second-order valence-electron chi connectivity index (χ2n) is 14.9. The van der Waals surface area contributed by atoms with E-state index in [1.807, 2.05) is 0 Å². The van der Waals surface area contributed by atoms with Gasteiger partial charge in [-0.15, -0.1) is 0 Å². The van der Waals surface area contributed by atoms with Gasteiger partial charge in [-0.25, -0.2) is 4.79 Å². The van der Waals surface area contributed by atoms with Crippen LogP contribution in [0.2, 0.25) is 0 Å². The van der Waals surface area contributed by atoms with Crippen LogP contribution in [0.1, 0.15) is 104 Å². The minimum Gasteiger partial charge on any atom is -0.460 e. The first-order valence-electron chi connectivity index (χ1n) is 15.9. The molecule has 0 aromatic heterocycles. The highest BCUT2D eigenvalue weighted by molar-refractivity contribution is 5.82. The number of ether oxygens (including phenoxy) is 1. The number of aliphatic hydroxyl groups is 1. The second kappa shape index (κ2) is 9.91. The number of carbonyl (C=O) groups excluding carboxylic acids is 1. The van der Waals surface area contributed by atoms with Crippen LogP contribution in [0.15, 0.2) is 30.3 Å². The standard InChI is InChI=1S/C34H51NO3/c1-22(2)9-8-16-34(37)30-29(38-31(34)36)20-28-26-13-12-24-19-25(35-21-23-10-6-5-7-11-23)14-17-32(24,3)27(26)15-18-33(28,30)4/h5-7,10-11,22,24-30,35,37H,8-9,12-21H2,1-4H3/t24-,25-,26+,27-,28-,29-,30-,32-,33-,34-/m0/s1. The second-order valence-corrected chi connectivity index (χ2v) is 14.9. The first-order chi connectivity index (χ1) is 18.1. The molecule has 10 atom stereocenters. The number of esters is 1. The van der Waals surface area contributed by atoms with E-state index in [-0.39, 0.29) is 23.4 Å². The highest BCUT2D eigenvalue weighted by Gasteiger charge is 2.71. The van der Waals surface area contributed by atoms with Crippen molar-refractivity contribution in [1.82, 2.24) is 5.32 Å². The molecule has 210 valence electrons. The molecule has 5 fully saturated rings. The van der Waals surface area contributed by atoms with Crippen molar-refractivity contribution >= 4 is 5.97 Å². The largest absolute Gasteiger partial charge is 0.460 e. The van der Waals surface area contributed by atoms with E-state index < -0.39 is 5.60 Å². The maximum Gasteiger partial charge on any atom is 0.338 e. The Bertz CT molecular complexity index is 1010. The van der Waals surface area contributed by atoms with Gasteiger partial charge >= 0.3 is 5.97 Å². The number of benzene rings is 1. The zero-order chi connectivity index (χ0) is 26.7. The van der Waals surface area contributed by atoms with Crippen molar-refractivity contribution in [2.75, 3.05) is 0 Å². The molecule has 6 rings (SSSR count). The van der Waals surface area contributed by atoms with Crippen LogP contribution in [0, 0.1) is 46.3 Å². The van der Waals surface area contributed by atoms with Crippen molar-refractivity contribution in [3.63, 3.8) is 0 Å². The zero-order valence-corrected chi connectivity index (χ0v) is 24.3. The quantitative estimate of drug-likeness (QED) is 0.383. The lowest BCUT2D eigenvalue weighted by Crippen LogP contribution is -2.57. The van der Waals surface area contributed by atoms with Crippen LogP contribution >= 0.6 is 0 Å². The summed E-state index contributed by atoms with van der Waals surface area (Å²) in [5, 5.41) is 15.8. The fourth-order valence-electron chi connectivity index (χ4n) is 10.7. The number of hydrogen-bond donors (Lipinski definition) is 2. The third-order valence-electron chi connectivity index (χ3n) is 12.6. The average Bonchev–Trinajstić information content (AvgIpc) is 3.33. The molecule has 0 spiro atoms. The van der Waals surface area contributed by atoms with Crippen molar-refractivity contribution in [2.24, 2.45) is 46.3 Å². The minimum absolute atomic E-state index is 0.0161. The topological polar surface area (TPSA) is 58.6 Å². The molecular weight excluding hydrogens is 470 g/mol. The molecule has 1 aromatic rings. The van der Waals surface area contributed by atoms with Gasteiger partial charge in [0.15, 0.2) is 5.60 Å². The molecule has 0 amide bonds. The molecule has 1 aromatic carbocycles. The van der Waals surface area contributed by atoms with Gasteiger partial charge in [-0.05, 0) is 110 Å². The molecule has 0 bridgehead atoms. The van der Waals surface area contributed by atoms with Crippen molar-refractivity contribution in [3.05, 3.63) is 35.9 Å². The maximum absolute atomic E-state index is 13.0. The molecule has 4 aliphatic carbocycles. The number of fused-ring (bicyclic) bond motifs is 7. The van der Waals surface area contributed by atoms with Gasteiger partial charge < -0.3 is 15.2 Å². The molecule has 1 saturated heterocycles. The van der Waals surface area contributed by atoms with Crippen LogP contribution in [0.4, 0.5) is 0 Å². The average molecular weight is 522 g/mol. The zero-order valence-electron chi connectivity index (χ0n) is 24.3. The predicted molar refractivity (Wildman–Crippen MR) is 151 cm³/mol. The van der Waals surface area contributed by atoms with Crippen LogP contribution in [0.3, 0.4) is 0 Å². The summed E-state index contributed by atoms with van der Waals surface area (Å²) in [6, 6.07) is 11.4. The molecule has 0 unspecified atom stereocenters. The molecule has 1 aliphatic heterocycles. The Morgan fingerprint density at radius 1 is 1.00 bits per heavy atom. The van der Waals surface area contributed by atoms with E-state index in [9.17, 15) is 9.90 Å². The van der Waals surface area contributed by atoms with Crippen LogP contribution in [-0.2, 0) is 16.1 Å². The van der Waals surface area contributed by atoms with Crippen molar-refractivity contribution < 1.29 is 14.6 Å². The van der Waals surface area contributed by atoms with Crippen molar-refractivity contribution in [2.45, 2.75) is 123 Å². The molecule has 2 N–H and O–H groups in total. The molecule has 0 radical (unpaired) electrons. The Morgan fingerprint density at radius 3 is 2.53 bits per heavy atom. The Morgan fingerprint density at radius 2 is 1.76 bits per heavy atom. The summed E-state index contributed by atoms with van der Waals surface area (Å²) < 4.78 is 6.01. The van der Waals surface area contributed by atoms with E-state index in [4.69, 9.17) is 4.74 Å². The van der Waals surface area contributed by atoms with Gasteiger partial charge in [0.2, 0.25) is 0 Å². The van der Waals surface area contributed by atoms with Gasteiger partial charge in [-0.1, -0.05) is 64.4 Å². The third kappa shape index (κ3) is 4.28. The van der Waals surface area contributed by atoms with E-state index in [2.05, 4.69) is 63.3 Å².